The first-order chi connectivity index (χ1) is 9.39. The highest BCUT2D eigenvalue weighted by molar-refractivity contribution is 6.32. The Morgan fingerprint density at radius 2 is 2.15 bits per heavy atom. The Bertz CT molecular complexity index is 649. The molecule has 1 saturated carbocycles. The average Bonchev–Trinajstić information content (AvgIpc) is 3.00. The van der Waals surface area contributed by atoms with Crippen molar-refractivity contribution in [3.05, 3.63) is 28.9 Å². The van der Waals surface area contributed by atoms with Crippen molar-refractivity contribution in [2.24, 2.45) is 5.41 Å². The Morgan fingerprint density at radius 3 is 2.80 bits per heavy atom. The highest BCUT2D eigenvalue weighted by atomic mass is 35.5. The van der Waals surface area contributed by atoms with Crippen molar-refractivity contribution in [2.45, 2.75) is 32.7 Å². The number of aromatic nitrogens is 1. The molecular formula is C15H17ClN2O2. The number of phenols is 1. The van der Waals surface area contributed by atoms with Gasteiger partial charge in [-0.25, -0.2) is 0 Å². The van der Waals surface area contributed by atoms with E-state index in [1.165, 1.54) is 0 Å². The lowest BCUT2D eigenvalue weighted by Crippen LogP contribution is -2.32. The van der Waals surface area contributed by atoms with Crippen LogP contribution in [0.25, 0.3) is 10.9 Å². The van der Waals surface area contributed by atoms with Crippen molar-refractivity contribution in [3.63, 3.8) is 0 Å². The van der Waals surface area contributed by atoms with Crippen molar-refractivity contribution in [1.82, 2.24) is 10.3 Å². The maximum absolute atomic E-state index is 12.0. The summed E-state index contributed by atoms with van der Waals surface area (Å²) in [5.41, 5.74) is 1.53. The van der Waals surface area contributed by atoms with Gasteiger partial charge in [0.2, 0.25) is 5.91 Å². The largest absolute Gasteiger partial charge is 0.506 e. The summed E-state index contributed by atoms with van der Waals surface area (Å²) >= 11 is 5.90. The molecule has 1 atom stereocenters. The smallest absolute Gasteiger partial charge is 0.226 e. The zero-order valence-corrected chi connectivity index (χ0v) is 12.2. The van der Waals surface area contributed by atoms with E-state index in [1.54, 1.807) is 12.1 Å². The van der Waals surface area contributed by atoms with Crippen LogP contribution >= 0.6 is 11.6 Å². The third-order valence-corrected chi connectivity index (χ3v) is 4.37. The van der Waals surface area contributed by atoms with Gasteiger partial charge in [0, 0.05) is 28.1 Å². The predicted octanol–water partition coefficient (Wildman–Crippen LogP) is 3.50. The summed E-state index contributed by atoms with van der Waals surface area (Å²) in [6, 6.07) is 5.15. The molecule has 0 radical (unpaired) electrons. The standard InChI is InChI=1S/C15H17ClN2O2/c1-8(17-14(20)15(2)3-4-15)11-6-9-5-10(16)13(19)7-12(9)18-11/h5-8,18-19H,3-4H2,1-2H3,(H,17,20). The fraction of sp³-hybridized carbons (Fsp3) is 0.400. The lowest BCUT2D eigenvalue weighted by atomic mass is 10.1. The average molecular weight is 293 g/mol. The Balaban J connectivity index is 1.84. The number of rotatable bonds is 3. The summed E-state index contributed by atoms with van der Waals surface area (Å²) in [6.45, 7) is 3.92. The third-order valence-electron chi connectivity index (χ3n) is 4.07. The van der Waals surface area contributed by atoms with Crippen LogP contribution in [-0.4, -0.2) is 16.0 Å². The molecule has 106 valence electrons. The van der Waals surface area contributed by atoms with E-state index in [9.17, 15) is 9.90 Å². The number of benzene rings is 1. The number of aromatic amines is 1. The molecule has 1 aromatic carbocycles. The first-order valence-corrected chi connectivity index (χ1v) is 7.09. The minimum atomic E-state index is -0.179. The second kappa shape index (κ2) is 4.42. The van der Waals surface area contributed by atoms with Crippen molar-refractivity contribution in [3.8, 4) is 5.75 Å². The summed E-state index contributed by atoms with van der Waals surface area (Å²) in [4.78, 5) is 15.3. The van der Waals surface area contributed by atoms with E-state index < -0.39 is 0 Å². The van der Waals surface area contributed by atoms with Crippen LogP contribution in [0.2, 0.25) is 5.02 Å². The lowest BCUT2D eigenvalue weighted by Gasteiger charge is -2.15. The summed E-state index contributed by atoms with van der Waals surface area (Å²) in [5.74, 6) is 0.152. The molecule has 3 N–H and O–H groups in total. The number of H-pyrrole nitrogens is 1. The van der Waals surface area contributed by atoms with Crippen molar-refractivity contribution in [1.29, 1.82) is 0 Å². The summed E-state index contributed by atoms with van der Waals surface area (Å²) in [5, 5.41) is 13.9. The fourth-order valence-corrected chi connectivity index (χ4v) is 2.43. The molecule has 1 aromatic heterocycles. The molecule has 1 aliphatic rings. The fourth-order valence-electron chi connectivity index (χ4n) is 2.26. The molecule has 0 saturated heterocycles. The number of nitrogens with one attached hydrogen (secondary N) is 2. The topological polar surface area (TPSA) is 65.1 Å². The second-order valence-electron chi connectivity index (χ2n) is 5.87. The number of carbonyl (C=O) groups excluding carboxylic acids is 1. The highest BCUT2D eigenvalue weighted by Gasteiger charge is 2.45. The first kappa shape index (κ1) is 13.3. The molecule has 1 amide bonds. The van der Waals surface area contributed by atoms with Crippen molar-refractivity contribution < 1.29 is 9.90 Å². The third kappa shape index (κ3) is 2.24. The van der Waals surface area contributed by atoms with Gasteiger partial charge in [-0.1, -0.05) is 18.5 Å². The number of fused-ring (bicyclic) bond motifs is 1. The molecular weight excluding hydrogens is 276 g/mol. The van der Waals surface area contributed by atoms with E-state index in [2.05, 4.69) is 10.3 Å². The van der Waals surface area contributed by atoms with Crippen LogP contribution in [-0.2, 0) is 4.79 Å². The van der Waals surface area contributed by atoms with Crippen LogP contribution in [0.3, 0.4) is 0 Å². The minimum Gasteiger partial charge on any atom is -0.506 e. The minimum absolute atomic E-state index is 0.0507. The van der Waals surface area contributed by atoms with Gasteiger partial charge in [-0.15, -0.1) is 0 Å². The summed E-state index contributed by atoms with van der Waals surface area (Å²) in [7, 11) is 0. The van der Waals surface area contributed by atoms with Crippen LogP contribution in [0.5, 0.6) is 5.75 Å². The van der Waals surface area contributed by atoms with E-state index >= 15 is 0 Å². The van der Waals surface area contributed by atoms with E-state index in [4.69, 9.17) is 11.6 Å². The maximum Gasteiger partial charge on any atom is 0.226 e. The van der Waals surface area contributed by atoms with Crippen LogP contribution in [0.15, 0.2) is 18.2 Å². The first-order valence-electron chi connectivity index (χ1n) is 6.71. The monoisotopic (exact) mass is 292 g/mol. The normalized spacial score (nSPS) is 17.9. The van der Waals surface area contributed by atoms with E-state index in [1.807, 2.05) is 19.9 Å². The summed E-state index contributed by atoms with van der Waals surface area (Å²) in [6.07, 6.45) is 1.92. The van der Waals surface area contributed by atoms with Gasteiger partial charge in [-0.05, 0) is 31.9 Å². The SMILES string of the molecule is CC(NC(=O)C1(C)CC1)c1cc2cc(Cl)c(O)cc2[nH]1. The molecule has 0 spiro atoms. The van der Waals surface area contributed by atoms with Gasteiger partial charge in [0.25, 0.3) is 0 Å². The number of halogens is 1. The Kier molecular flexibility index (Phi) is 2.94. The number of hydrogen-bond acceptors (Lipinski definition) is 2. The van der Waals surface area contributed by atoms with Gasteiger partial charge < -0.3 is 15.4 Å². The highest BCUT2D eigenvalue weighted by Crippen LogP contribution is 2.45. The second-order valence-corrected chi connectivity index (χ2v) is 6.28. The molecule has 20 heavy (non-hydrogen) atoms. The van der Waals surface area contributed by atoms with Crippen molar-refractivity contribution in [2.75, 3.05) is 0 Å². The van der Waals surface area contributed by atoms with Gasteiger partial charge in [0.1, 0.15) is 5.75 Å². The van der Waals surface area contributed by atoms with E-state index in [0.29, 0.717) is 5.02 Å². The van der Waals surface area contributed by atoms with Crippen LogP contribution in [0, 0.1) is 5.41 Å². The van der Waals surface area contributed by atoms with E-state index in [0.717, 1.165) is 29.4 Å². The molecule has 0 bridgehead atoms. The predicted molar refractivity (Wildman–Crippen MR) is 78.9 cm³/mol. The van der Waals surface area contributed by atoms with Crippen molar-refractivity contribution >= 4 is 28.4 Å². The van der Waals surface area contributed by atoms with Crippen LogP contribution in [0.4, 0.5) is 0 Å². The molecule has 5 heteroatoms. The quantitative estimate of drug-likeness (QED) is 0.810. The molecule has 1 aliphatic carbocycles. The maximum atomic E-state index is 12.0. The number of phenolic OH excluding ortho intramolecular Hbond substituents is 1. The summed E-state index contributed by atoms with van der Waals surface area (Å²) < 4.78 is 0. The molecule has 1 unspecified atom stereocenters. The lowest BCUT2D eigenvalue weighted by molar-refractivity contribution is -0.126. The zero-order valence-electron chi connectivity index (χ0n) is 11.5. The Hall–Kier alpha value is -1.68. The molecule has 1 heterocycles. The van der Waals surface area contributed by atoms with Gasteiger partial charge in [0.05, 0.1) is 11.1 Å². The molecule has 2 aromatic rings. The molecule has 0 aliphatic heterocycles. The van der Waals surface area contributed by atoms with E-state index in [-0.39, 0.29) is 23.1 Å². The van der Waals surface area contributed by atoms with Gasteiger partial charge in [-0.2, -0.15) is 0 Å². The van der Waals surface area contributed by atoms with Crippen LogP contribution in [0.1, 0.15) is 38.4 Å². The molecule has 1 fully saturated rings. The number of aromatic hydroxyl groups is 1. The number of amides is 1. The van der Waals surface area contributed by atoms with Gasteiger partial charge in [-0.3, -0.25) is 4.79 Å². The molecule has 4 nitrogen and oxygen atoms in total. The zero-order chi connectivity index (χ0) is 14.5. The Morgan fingerprint density at radius 1 is 1.45 bits per heavy atom. The molecule has 3 rings (SSSR count). The van der Waals surface area contributed by atoms with Crippen LogP contribution < -0.4 is 5.32 Å². The van der Waals surface area contributed by atoms with Gasteiger partial charge in [0.15, 0.2) is 0 Å². The number of hydrogen-bond donors (Lipinski definition) is 3. The number of carbonyl (C=O) groups is 1. The van der Waals surface area contributed by atoms with Gasteiger partial charge >= 0.3 is 0 Å². The Labute approximate surface area is 122 Å².